The Morgan fingerprint density at radius 3 is 2.51 bits per heavy atom. The smallest absolute Gasteiger partial charge is 0.408 e. The average Bonchev–Trinajstić information content (AvgIpc) is 3.27. The van der Waals surface area contributed by atoms with Gasteiger partial charge >= 0.3 is 6.09 Å². The van der Waals surface area contributed by atoms with E-state index in [-0.39, 0.29) is 18.5 Å². The Balaban J connectivity index is 1.39. The molecule has 1 unspecified atom stereocenters. The zero-order valence-electron chi connectivity index (χ0n) is 20.0. The summed E-state index contributed by atoms with van der Waals surface area (Å²) in [5, 5.41) is 6.41. The highest BCUT2D eigenvalue weighted by Gasteiger charge is 2.55. The van der Waals surface area contributed by atoms with Crippen LogP contribution in [0.1, 0.15) is 31.4 Å². The molecule has 6 nitrogen and oxygen atoms in total. The Morgan fingerprint density at radius 2 is 1.83 bits per heavy atom. The predicted molar refractivity (Wildman–Crippen MR) is 131 cm³/mol. The molecule has 1 saturated carbocycles. The average molecular weight is 476 g/mol. The van der Waals surface area contributed by atoms with Crippen LogP contribution < -0.4 is 15.4 Å². The second kappa shape index (κ2) is 9.66. The predicted octanol–water partition coefficient (Wildman–Crippen LogP) is 5.04. The molecule has 2 aliphatic rings. The number of fused-ring (bicyclic) bond motifs is 1. The van der Waals surface area contributed by atoms with Crippen LogP contribution in [-0.2, 0) is 16.9 Å². The number of halogens is 1. The molecular formula is C28H30FN3O3. The highest BCUT2D eigenvalue weighted by molar-refractivity contribution is 5.69. The van der Waals surface area contributed by atoms with Crippen molar-refractivity contribution in [3.05, 3.63) is 83.7 Å². The third-order valence-corrected chi connectivity index (χ3v) is 7.15. The maximum absolute atomic E-state index is 13.5. The normalized spacial score (nSPS) is 22.1. The topological polar surface area (TPSA) is 72.5 Å². The number of hydrogen-bond donors (Lipinski definition) is 2. The Labute approximate surface area is 204 Å². The lowest BCUT2D eigenvalue weighted by Gasteiger charge is -2.30. The van der Waals surface area contributed by atoms with Crippen molar-refractivity contribution in [3.63, 3.8) is 0 Å². The first-order valence-corrected chi connectivity index (χ1v) is 12.1. The zero-order valence-corrected chi connectivity index (χ0v) is 20.0. The van der Waals surface area contributed by atoms with E-state index in [1.807, 2.05) is 56.3 Å². The summed E-state index contributed by atoms with van der Waals surface area (Å²) < 4.78 is 25.3. The zero-order chi connectivity index (χ0) is 24.4. The number of rotatable bonds is 8. The van der Waals surface area contributed by atoms with Gasteiger partial charge in [0.15, 0.2) is 0 Å². The van der Waals surface area contributed by atoms with Gasteiger partial charge in [0.1, 0.15) is 18.5 Å². The van der Waals surface area contributed by atoms with Crippen LogP contribution >= 0.6 is 0 Å². The van der Waals surface area contributed by atoms with Crippen LogP contribution in [0.25, 0.3) is 11.3 Å². The highest BCUT2D eigenvalue weighted by atomic mass is 19.1. The van der Waals surface area contributed by atoms with Crippen LogP contribution in [0.15, 0.2) is 66.7 Å². The van der Waals surface area contributed by atoms with Crippen LogP contribution in [-0.4, -0.2) is 30.3 Å². The van der Waals surface area contributed by atoms with Crippen molar-refractivity contribution in [2.45, 2.75) is 38.5 Å². The molecule has 2 aromatic carbocycles. The fourth-order valence-electron chi connectivity index (χ4n) is 4.68. The van der Waals surface area contributed by atoms with Gasteiger partial charge < -0.3 is 20.1 Å². The van der Waals surface area contributed by atoms with Gasteiger partial charge in [-0.05, 0) is 54.8 Å². The number of amides is 1. The summed E-state index contributed by atoms with van der Waals surface area (Å²) in [4.78, 5) is 17.5. The number of hydrogen-bond acceptors (Lipinski definition) is 5. The summed E-state index contributed by atoms with van der Waals surface area (Å²) in [5.41, 5.74) is 2.50. The summed E-state index contributed by atoms with van der Waals surface area (Å²) in [6, 6.07) is 19.6. The largest absolute Gasteiger partial charge is 0.474 e. The highest BCUT2D eigenvalue weighted by Crippen LogP contribution is 2.45. The Hall–Kier alpha value is -3.45. The molecule has 1 aliphatic heterocycles. The maximum atomic E-state index is 13.5. The molecule has 2 heterocycles. The minimum atomic E-state index is -0.718. The number of alkyl carbamates (subject to hydrolysis) is 1. The molecule has 1 saturated heterocycles. The van der Waals surface area contributed by atoms with Gasteiger partial charge in [0.05, 0.1) is 11.2 Å². The Morgan fingerprint density at radius 1 is 1.11 bits per heavy atom. The molecule has 3 aromatic rings. The molecule has 7 heteroatoms. The number of ether oxygens (including phenoxy) is 2. The van der Waals surface area contributed by atoms with E-state index in [4.69, 9.17) is 14.5 Å². The third kappa shape index (κ3) is 5.15. The summed E-state index contributed by atoms with van der Waals surface area (Å²) in [7, 11) is 0. The van der Waals surface area contributed by atoms with Crippen LogP contribution in [0.2, 0.25) is 0 Å². The monoisotopic (exact) mass is 475 g/mol. The minimum absolute atomic E-state index is 0.150. The van der Waals surface area contributed by atoms with Crippen molar-refractivity contribution < 1.29 is 18.7 Å². The lowest BCUT2D eigenvalue weighted by atomic mass is 9.89. The molecule has 0 radical (unpaired) electrons. The molecule has 1 aliphatic carbocycles. The molecule has 182 valence electrons. The van der Waals surface area contributed by atoms with Crippen molar-refractivity contribution in [1.82, 2.24) is 15.6 Å². The van der Waals surface area contributed by atoms with Gasteiger partial charge in [-0.3, -0.25) is 0 Å². The lowest BCUT2D eigenvalue weighted by molar-refractivity contribution is 0.126. The fraction of sp³-hybridized carbons (Fsp3) is 0.357. The molecule has 2 fully saturated rings. The van der Waals surface area contributed by atoms with Crippen LogP contribution in [0.3, 0.4) is 0 Å². The van der Waals surface area contributed by atoms with E-state index in [2.05, 4.69) is 10.6 Å². The second-order valence-electron chi connectivity index (χ2n) is 9.53. The summed E-state index contributed by atoms with van der Waals surface area (Å²) in [5.74, 6) is 1.23. The SMILES string of the molecule is CCC(C)(NC(=O)OCc1ccccc1)c1cc(O[C@H]2[C@@H]3CNC[C@@H]32)nc(-c2ccc(F)cc2)c1. The van der Waals surface area contributed by atoms with Crippen molar-refractivity contribution in [1.29, 1.82) is 0 Å². The first kappa shape index (κ1) is 23.3. The van der Waals surface area contributed by atoms with Gasteiger partial charge in [0.2, 0.25) is 5.88 Å². The van der Waals surface area contributed by atoms with Gasteiger partial charge in [-0.25, -0.2) is 14.2 Å². The minimum Gasteiger partial charge on any atom is -0.474 e. The molecular weight excluding hydrogens is 445 g/mol. The van der Waals surface area contributed by atoms with Gasteiger partial charge in [0.25, 0.3) is 0 Å². The van der Waals surface area contributed by atoms with E-state index in [9.17, 15) is 9.18 Å². The van der Waals surface area contributed by atoms with E-state index in [0.29, 0.717) is 29.8 Å². The number of carbonyl (C=O) groups is 1. The summed E-state index contributed by atoms with van der Waals surface area (Å²) >= 11 is 0. The third-order valence-electron chi connectivity index (χ3n) is 7.15. The van der Waals surface area contributed by atoms with Crippen molar-refractivity contribution in [3.8, 4) is 17.1 Å². The number of nitrogens with one attached hydrogen (secondary N) is 2. The quantitative estimate of drug-likeness (QED) is 0.478. The van der Waals surface area contributed by atoms with E-state index in [1.54, 1.807) is 12.1 Å². The van der Waals surface area contributed by atoms with Gasteiger partial charge in [-0.2, -0.15) is 0 Å². The molecule has 2 N–H and O–H groups in total. The van der Waals surface area contributed by atoms with E-state index in [1.165, 1.54) is 12.1 Å². The summed E-state index contributed by atoms with van der Waals surface area (Å²) in [6.07, 6.45) is 0.276. The second-order valence-corrected chi connectivity index (χ2v) is 9.53. The van der Waals surface area contributed by atoms with Crippen LogP contribution in [0, 0.1) is 17.7 Å². The number of pyridine rings is 1. The standard InChI is InChI=1S/C28H30FN3O3/c1-3-28(2,32-27(33)34-17-18-7-5-4-6-8-18)20-13-24(19-9-11-21(29)12-10-19)31-25(14-20)35-26-22-15-30-16-23(22)26/h4-14,22-23,26,30H,3,15-17H2,1-2H3,(H,32,33)/t22-,23+,26+,28?. The first-order valence-electron chi connectivity index (χ1n) is 12.1. The Bertz CT molecular complexity index is 1180. The Kier molecular flexibility index (Phi) is 6.43. The van der Waals surface area contributed by atoms with E-state index >= 15 is 0 Å². The molecule has 4 atom stereocenters. The number of aromatic nitrogens is 1. The summed E-state index contributed by atoms with van der Waals surface area (Å²) in [6.45, 7) is 6.08. The van der Waals surface area contributed by atoms with Crippen LogP contribution in [0.5, 0.6) is 5.88 Å². The van der Waals surface area contributed by atoms with Crippen molar-refractivity contribution >= 4 is 6.09 Å². The van der Waals surface area contributed by atoms with Gasteiger partial charge in [-0.15, -0.1) is 0 Å². The number of nitrogens with zero attached hydrogens (tertiary/aromatic N) is 1. The number of benzene rings is 2. The maximum Gasteiger partial charge on any atom is 0.408 e. The fourth-order valence-corrected chi connectivity index (χ4v) is 4.68. The van der Waals surface area contributed by atoms with Crippen molar-refractivity contribution in [2.24, 2.45) is 11.8 Å². The first-order chi connectivity index (χ1) is 16.9. The molecule has 35 heavy (non-hydrogen) atoms. The van der Waals surface area contributed by atoms with Gasteiger partial charge in [0, 0.05) is 36.6 Å². The van der Waals surface area contributed by atoms with E-state index < -0.39 is 11.6 Å². The molecule has 0 spiro atoms. The lowest BCUT2D eigenvalue weighted by Crippen LogP contribution is -2.43. The molecule has 0 bridgehead atoms. The van der Waals surface area contributed by atoms with E-state index in [0.717, 1.165) is 29.8 Å². The molecule has 5 rings (SSSR count). The number of piperidine rings is 1. The van der Waals surface area contributed by atoms with Gasteiger partial charge in [-0.1, -0.05) is 37.3 Å². The number of carbonyl (C=O) groups excluding carboxylic acids is 1. The molecule has 1 amide bonds. The van der Waals surface area contributed by atoms with Crippen molar-refractivity contribution in [2.75, 3.05) is 13.1 Å². The molecule has 1 aromatic heterocycles. The van der Waals surface area contributed by atoms with Crippen LogP contribution in [0.4, 0.5) is 9.18 Å².